The van der Waals surface area contributed by atoms with Crippen molar-refractivity contribution >= 4 is 22.9 Å². The van der Waals surface area contributed by atoms with Crippen molar-refractivity contribution in [1.29, 1.82) is 0 Å². The first-order valence-corrected chi connectivity index (χ1v) is 6.58. The predicted molar refractivity (Wildman–Crippen MR) is 73.3 cm³/mol. The summed E-state index contributed by atoms with van der Waals surface area (Å²) < 4.78 is 0. The lowest BCUT2D eigenvalue weighted by Gasteiger charge is -2.05. The van der Waals surface area contributed by atoms with Crippen LogP contribution in [0.25, 0.3) is 0 Å². The molecule has 5 heteroatoms. The van der Waals surface area contributed by atoms with Gasteiger partial charge in [-0.05, 0) is 40.9 Å². The lowest BCUT2D eigenvalue weighted by Crippen LogP contribution is -2.25. The summed E-state index contributed by atoms with van der Waals surface area (Å²) in [5, 5.41) is 7.01. The van der Waals surface area contributed by atoms with Gasteiger partial charge in [-0.1, -0.05) is 0 Å². The van der Waals surface area contributed by atoms with Crippen molar-refractivity contribution < 1.29 is 4.79 Å². The minimum Gasteiger partial charge on any atom is -0.397 e. The number of carbonyl (C=O) groups excluding carboxylic acids is 1. The largest absolute Gasteiger partial charge is 0.397 e. The number of aromatic nitrogens is 1. The average Bonchev–Trinajstić information content (AvgIpc) is 2.75. The van der Waals surface area contributed by atoms with Crippen molar-refractivity contribution in [3.05, 3.63) is 45.9 Å². The third kappa shape index (κ3) is 3.30. The summed E-state index contributed by atoms with van der Waals surface area (Å²) in [6.45, 7) is 2.61. The zero-order chi connectivity index (χ0) is 13.0. The van der Waals surface area contributed by atoms with Gasteiger partial charge in [0.25, 0.3) is 0 Å². The van der Waals surface area contributed by atoms with Gasteiger partial charge in [-0.3, -0.25) is 9.78 Å². The molecule has 2 heterocycles. The highest BCUT2D eigenvalue weighted by Crippen LogP contribution is 2.13. The molecule has 0 bridgehead atoms. The fourth-order valence-electron chi connectivity index (χ4n) is 1.53. The van der Waals surface area contributed by atoms with Crippen molar-refractivity contribution in [2.24, 2.45) is 0 Å². The zero-order valence-electron chi connectivity index (χ0n) is 10.1. The molecule has 0 unspecified atom stereocenters. The van der Waals surface area contributed by atoms with Crippen LogP contribution in [0.5, 0.6) is 0 Å². The van der Waals surface area contributed by atoms with Gasteiger partial charge in [-0.2, -0.15) is 11.3 Å². The summed E-state index contributed by atoms with van der Waals surface area (Å²) in [5.74, 6) is -0.0297. The molecule has 2 aromatic heterocycles. The Balaban J connectivity index is 1.86. The van der Waals surface area contributed by atoms with Crippen LogP contribution in [0.2, 0.25) is 0 Å². The molecule has 18 heavy (non-hydrogen) atoms. The van der Waals surface area contributed by atoms with Crippen LogP contribution < -0.4 is 11.1 Å². The van der Waals surface area contributed by atoms with Gasteiger partial charge in [0.15, 0.2) is 0 Å². The van der Waals surface area contributed by atoms with E-state index >= 15 is 0 Å². The molecule has 0 saturated heterocycles. The summed E-state index contributed by atoms with van der Waals surface area (Å²) in [4.78, 5) is 15.8. The van der Waals surface area contributed by atoms with Crippen molar-refractivity contribution in [2.45, 2.75) is 19.9 Å². The molecular weight excluding hydrogens is 246 g/mol. The highest BCUT2D eigenvalue weighted by atomic mass is 32.1. The molecule has 0 aliphatic rings. The first-order chi connectivity index (χ1) is 8.65. The fourth-order valence-corrected chi connectivity index (χ4v) is 2.39. The minimum absolute atomic E-state index is 0.0297. The number of hydrogen-bond donors (Lipinski definition) is 2. The van der Waals surface area contributed by atoms with Crippen LogP contribution in [-0.2, 0) is 17.8 Å². The summed E-state index contributed by atoms with van der Waals surface area (Å²) in [5.41, 5.74) is 9.24. The number of nitrogen functional groups attached to an aromatic ring is 1. The molecule has 0 fully saturated rings. The van der Waals surface area contributed by atoms with E-state index in [0.717, 1.165) is 5.69 Å². The first kappa shape index (κ1) is 12.6. The van der Waals surface area contributed by atoms with E-state index in [1.165, 1.54) is 11.1 Å². The van der Waals surface area contributed by atoms with Gasteiger partial charge in [0.05, 0.1) is 18.3 Å². The number of nitrogens with two attached hydrogens (primary N) is 1. The van der Waals surface area contributed by atoms with Crippen LogP contribution in [0.15, 0.2) is 29.1 Å². The molecule has 0 radical (unpaired) electrons. The Morgan fingerprint density at radius 3 is 2.89 bits per heavy atom. The topological polar surface area (TPSA) is 68.0 Å². The van der Waals surface area contributed by atoms with Crippen LogP contribution in [0.3, 0.4) is 0 Å². The van der Waals surface area contributed by atoms with E-state index < -0.39 is 0 Å². The van der Waals surface area contributed by atoms with Crippen molar-refractivity contribution in [3.63, 3.8) is 0 Å². The van der Waals surface area contributed by atoms with Gasteiger partial charge in [0, 0.05) is 12.2 Å². The van der Waals surface area contributed by atoms with Gasteiger partial charge in [0.1, 0.15) is 0 Å². The Kier molecular flexibility index (Phi) is 3.94. The maximum Gasteiger partial charge on any atom is 0.226 e. The van der Waals surface area contributed by atoms with E-state index in [9.17, 15) is 4.79 Å². The smallest absolute Gasteiger partial charge is 0.226 e. The molecular formula is C13H15N3OS. The second-order valence-electron chi connectivity index (χ2n) is 4.12. The fraction of sp³-hybridized carbons (Fsp3) is 0.231. The number of aryl methyl sites for hydroxylation is 1. The molecule has 2 rings (SSSR count). The molecule has 2 aromatic rings. The van der Waals surface area contributed by atoms with Gasteiger partial charge >= 0.3 is 0 Å². The maximum absolute atomic E-state index is 11.7. The molecule has 0 atom stereocenters. The highest BCUT2D eigenvalue weighted by Gasteiger charge is 2.05. The van der Waals surface area contributed by atoms with Crippen molar-refractivity contribution in [1.82, 2.24) is 10.3 Å². The Labute approximate surface area is 110 Å². The van der Waals surface area contributed by atoms with Crippen LogP contribution in [0.4, 0.5) is 5.69 Å². The molecule has 4 nitrogen and oxygen atoms in total. The Hall–Kier alpha value is -1.88. The van der Waals surface area contributed by atoms with Crippen LogP contribution >= 0.6 is 11.3 Å². The summed E-state index contributed by atoms with van der Waals surface area (Å²) in [7, 11) is 0. The molecule has 0 aliphatic heterocycles. The van der Waals surface area contributed by atoms with E-state index in [2.05, 4.69) is 21.1 Å². The van der Waals surface area contributed by atoms with Gasteiger partial charge < -0.3 is 11.1 Å². The number of hydrogen-bond acceptors (Lipinski definition) is 4. The second-order valence-corrected chi connectivity index (χ2v) is 4.86. The van der Waals surface area contributed by atoms with Gasteiger partial charge in [-0.15, -0.1) is 0 Å². The quantitative estimate of drug-likeness (QED) is 0.883. The molecule has 0 saturated carbocycles. The Morgan fingerprint density at radius 2 is 2.28 bits per heavy atom. The standard InChI is InChI=1S/C13H15N3OS/c1-9-7-18-8-10(9)5-16-13(17)4-12-3-2-11(14)6-15-12/h2-3,6-8H,4-5,14H2,1H3,(H,16,17). The third-order valence-corrected chi connectivity index (χ3v) is 3.54. The second kappa shape index (κ2) is 5.64. The lowest BCUT2D eigenvalue weighted by molar-refractivity contribution is -0.120. The van der Waals surface area contributed by atoms with E-state index in [1.807, 2.05) is 6.92 Å². The van der Waals surface area contributed by atoms with Gasteiger partial charge in [-0.25, -0.2) is 0 Å². The lowest BCUT2D eigenvalue weighted by atomic mass is 10.2. The van der Waals surface area contributed by atoms with E-state index in [0.29, 0.717) is 12.2 Å². The van der Waals surface area contributed by atoms with Gasteiger partial charge in [0.2, 0.25) is 5.91 Å². The van der Waals surface area contributed by atoms with Crippen molar-refractivity contribution in [2.75, 3.05) is 5.73 Å². The number of nitrogens with zero attached hydrogens (tertiary/aromatic N) is 1. The number of pyridine rings is 1. The summed E-state index contributed by atoms with van der Waals surface area (Å²) >= 11 is 1.65. The van der Waals surface area contributed by atoms with Crippen LogP contribution in [0.1, 0.15) is 16.8 Å². The molecule has 0 aromatic carbocycles. The summed E-state index contributed by atoms with van der Waals surface area (Å²) in [6, 6.07) is 3.52. The highest BCUT2D eigenvalue weighted by molar-refractivity contribution is 7.08. The number of carbonyl (C=O) groups is 1. The predicted octanol–water partition coefficient (Wildman–Crippen LogP) is 1.89. The average molecular weight is 261 g/mol. The SMILES string of the molecule is Cc1cscc1CNC(=O)Cc1ccc(N)cn1. The maximum atomic E-state index is 11.7. The third-order valence-electron chi connectivity index (χ3n) is 2.63. The number of nitrogens with one attached hydrogen (secondary N) is 1. The normalized spacial score (nSPS) is 10.3. The summed E-state index contributed by atoms with van der Waals surface area (Å²) in [6.07, 6.45) is 1.84. The van der Waals surface area contributed by atoms with E-state index in [4.69, 9.17) is 5.73 Å². The molecule has 3 N–H and O–H groups in total. The zero-order valence-corrected chi connectivity index (χ0v) is 11.0. The number of rotatable bonds is 4. The van der Waals surface area contributed by atoms with Crippen molar-refractivity contribution in [3.8, 4) is 0 Å². The van der Waals surface area contributed by atoms with E-state index in [1.54, 1.807) is 29.7 Å². The number of thiophene rings is 1. The van der Waals surface area contributed by atoms with Crippen LogP contribution in [0, 0.1) is 6.92 Å². The first-order valence-electron chi connectivity index (χ1n) is 5.64. The molecule has 1 amide bonds. The minimum atomic E-state index is -0.0297. The Morgan fingerprint density at radius 1 is 1.44 bits per heavy atom. The molecule has 0 aliphatic carbocycles. The van der Waals surface area contributed by atoms with E-state index in [-0.39, 0.29) is 12.3 Å². The number of anilines is 1. The number of amides is 1. The molecule has 94 valence electrons. The molecule has 0 spiro atoms. The Bertz CT molecular complexity index is 533. The monoisotopic (exact) mass is 261 g/mol. The van der Waals surface area contributed by atoms with Crippen LogP contribution in [-0.4, -0.2) is 10.9 Å².